The Morgan fingerprint density at radius 2 is 1.85 bits per heavy atom. The smallest absolute Gasteiger partial charge is 0.475 e. The quantitative estimate of drug-likeness (QED) is 0.742. The van der Waals surface area contributed by atoms with Gasteiger partial charge in [0, 0.05) is 58.6 Å². The third-order valence-corrected chi connectivity index (χ3v) is 5.33. The summed E-state index contributed by atoms with van der Waals surface area (Å²) in [6, 6.07) is 10.4. The van der Waals surface area contributed by atoms with Crippen molar-refractivity contribution in [3.63, 3.8) is 0 Å². The fraction of sp³-hybridized carbons (Fsp3) is 0.455. The van der Waals surface area contributed by atoms with E-state index in [4.69, 9.17) is 19.4 Å². The number of ether oxygens (including phenoxy) is 2. The van der Waals surface area contributed by atoms with Crippen LogP contribution in [-0.2, 0) is 29.2 Å². The molecule has 1 amide bonds. The maximum Gasteiger partial charge on any atom is 0.490 e. The first kappa shape index (κ1) is 24.4. The maximum absolute atomic E-state index is 12.2. The van der Waals surface area contributed by atoms with Crippen molar-refractivity contribution in [1.29, 1.82) is 0 Å². The van der Waals surface area contributed by atoms with E-state index < -0.39 is 12.1 Å². The largest absolute Gasteiger partial charge is 0.490 e. The number of halogens is 3. The van der Waals surface area contributed by atoms with E-state index >= 15 is 0 Å². The molecule has 2 aliphatic rings. The van der Waals surface area contributed by atoms with E-state index in [-0.39, 0.29) is 5.91 Å². The van der Waals surface area contributed by atoms with Crippen molar-refractivity contribution in [2.75, 3.05) is 27.4 Å². The third kappa shape index (κ3) is 6.64. The van der Waals surface area contributed by atoms with Gasteiger partial charge in [-0.05, 0) is 35.7 Å². The number of carboxylic acid groups (broad SMARTS) is 1. The van der Waals surface area contributed by atoms with Gasteiger partial charge in [0.15, 0.2) is 11.5 Å². The highest BCUT2D eigenvalue weighted by atomic mass is 19.4. The highest BCUT2D eigenvalue weighted by Crippen LogP contribution is 2.33. The molecule has 33 heavy (non-hydrogen) atoms. The highest BCUT2D eigenvalue weighted by molar-refractivity contribution is 5.75. The van der Waals surface area contributed by atoms with E-state index in [1.165, 1.54) is 11.3 Å². The molecule has 1 unspecified atom stereocenters. The van der Waals surface area contributed by atoms with Crippen LogP contribution in [0, 0.1) is 5.92 Å². The molecule has 1 N–H and O–H groups in total. The number of hydrogen-bond donors (Lipinski definition) is 1. The van der Waals surface area contributed by atoms with Crippen molar-refractivity contribution < 1.29 is 37.3 Å². The van der Waals surface area contributed by atoms with Crippen molar-refractivity contribution in [2.24, 2.45) is 5.92 Å². The lowest BCUT2D eigenvalue weighted by atomic mass is 10.0. The van der Waals surface area contributed by atoms with Crippen molar-refractivity contribution in [1.82, 2.24) is 14.4 Å². The van der Waals surface area contributed by atoms with E-state index in [1.807, 2.05) is 20.2 Å². The Morgan fingerprint density at radius 3 is 2.52 bits per heavy atom. The van der Waals surface area contributed by atoms with Gasteiger partial charge in [0.2, 0.25) is 12.7 Å². The third-order valence-electron chi connectivity index (χ3n) is 5.33. The van der Waals surface area contributed by atoms with Gasteiger partial charge in [0.1, 0.15) is 0 Å². The number of nitrogens with zero attached hydrogens (tertiary/aromatic N) is 3. The molecule has 2 aliphatic heterocycles. The minimum absolute atomic E-state index is 0.189. The second kappa shape index (κ2) is 10.2. The maximum atomic E-state index is 12.2. The molecule has 0 radical (unpaired) electrons. The van der Waals surface area contributed by atoms with Gasteiger partial charge in [0.25, 0.3) is 0 Å². The van der Waals surface area contributed by atoms with Crippen LogP contribution in [0.1, 0.15) is 17.7 Å². The van der Waals surface area contributed by atoms with Crippen molar-refractivity contribution >= 4 is 11.9 Å². The Balaban J connectivity index is 0.000000383. The van der Waals surface area contributed by atoms with Crippen LogP contribution in [0.3, 0.4) is 0 Å². The van der Waals surface area contributed by atoms with Gasteiger partial charge in [-0.25, -0.2) is 4.79 Å². The van der Waals surface area contributed by atoms with Gasteiger partial charge in [0.05, 0.1) is 0 Å². The van der Waals surface area contributed by atoms with Crippen LogP contribution in [-0.4, -0.2) is 65.0 Å². The van der Waals surface area contributed by atoms with E-state index in [0.29, 0.717) is 19.1 Å². The van der Waals surface area contributed by atoms with Crippen LogP contribution in [0.15, 0.2) is 36.5 Å². The topological polar surface area (TPSA) is 84.2 Å². The summed E-state index contributed by atoms with van der Waals surface area (Å²) in [5, 5.41) is 7.12. The van der Waals surface area contributed by atoms with E-state index in [9.17, 15) is 18.0 Å². The van der Waals surface area contributed by atoms with Gasteiger partial charge in [-0.1, -0.05) is 6.07 Å². The monoisotopic (exact) mass is 469 g/mol. The Labute approximate surface area is 189 Å². The molecule has 1 atom stereocenters. The van der Waals surface area contributed by atoms with Crippen molar-refractivity contribution in [3.05, 3.63) is 47.8 Å². The fourth-order valence-corrected chi connectivity index (χ4v) is 3.74. The molecule has 0 saturated carbocycles. The van der Waals surface area contributed by atoms with Crippen LogP contribution in [0.25, 0.3) is 0 Å². The normalized spacial score (nSPS) is 17.4. The number of fused-ring (bicyclic) bond motifs is 2. The van der Waals surface area contributed by atoms with Crippen LogP contribution in [0.2, 0.25) is 0 Å². The molecule has 4 rings (SSSR count). The summed E-state index contributed by atoms with van der Waals surface area (Å²) in [7, 11) is 3.65. The Hall–Kier alpha value is -3.21. The average Bonchev–Trinajstić information content (AvgIpc) is 3.33. The van der Waals surface area contributed by atoms with Crippen molar-refractivity contribution in [3.8, 4) is 11.5 Å². The fourth-order valence-electron chi connectivity index (χ4n) is 3.74. The average molecular weight is 469 g/mol. The second-order valence-corrected chi connectivity index (χ2v) is 8.17. The molecule has 2 aromatic rings. The standard InChI is InChI=1S/C20H25N3O3.C2HF3O2/c1-21(2)20(24)9-16-11-22(13-17-4-3-7-23(17)12-16)10-15-5-6-18-19(8-15)26-14-25-18;3-2(4,5)1(6)7/h3-8,16H,9-14H2,1-2H3;(H,6,7). The zero-order chi connectivity index (χ0) is 24.2. The molecule has 0 bridgehead atoms. The van der Waals surface area contributed by atoms with Gasteiger partial charge < -0.3 is 24.0 Å². The number of rotatable bonds is 4. The molecule has 0 spiro atoms. The number of aromatic nitrogens is 1. The van der Waals surface area contributed by atoms with E-state index in [2.05, 4.69) is 39.9 Å². The molecule has 3 heterocycles. The molecule has 180 valence electrons. The summed E-state index contributed by atoms with van der Waals surface area (Å²) in [6.45, 7) is 3.79. The zero-order valence-corrected chi connectivity index (χ0v) is 18.3. The number of carbonyl (C=O) groups is 2. The Morgan fingerprint density at radius 1 is 1.15 bits per heavy atom. The number of carboxylic acids is 1. The lowest BCUT2D eigenvalue weighted by molar-refractivity contribution is -0.192. The van der Waals surface area contributed by atoms with E-state index in [1.54, 1.807) is 4.90 Å². The van der Waals surface area contributed by atoms with Gasteiger partial charge >= 0.3 is 12.1 Å². The summed E-state index contributed by atoms with van der Waals surface area (Å²) < 4.78 is 44.9. The number of amides is 1. The number of alkyl halides is 3. The van der Waals surface area contributed by atoms with Crippen LogP contribution >= 0.6 is 0 Å². The first-order valence-corrected chi connectivity index (χ1v) is 10.3. The van der Waals surface area contributed by atoms with Gasteiger partial charge in [-0.3, -0.25) is 9.69 Å². The summed E-state index contributed by atoms with van der Waals surface area (Å²) in [5.74, 6) is -0.637. The highest BCUT2D eigenvalue weighted by Gasteiger charge is 2.38. The molecule has 0 saturated heterocycles. The summed E-state index contributed by atoms with van der Waals surface area (Å²) >= 11 is 0. The number of hydrogen-bond acceptors (Lipinski definition) is 5. The lowest BCUT2D eigenvalue weighted by Gasteiger charge is -2.24. The van der Waals surface area contributed by atoms with Crippen LogP contribution in [0.4, 0.5) is 13.2 Å². The van der Waals surface area contributed by atoms with Crippen LogP contribution in [0.5, 0.6) is 11.5 Å². The summed E-state index contributed by atoms with van der Waals surface area (Å²) in [5.41, 5.74) is 2.50. The molecular formula is C22H26F3N3O5. The number of carbonyl (C=O) groups excluding carboxylic acids is 1. The molecule has 8 nitrogen and oxygen atoms in total. The number of benzene rings is 1. The lowest BCUT2D eigenvalue weighted by Crippen LogP contribution is -2.32. The second-order valence-electron chi connectivity index (χ2n) is 8.17. The zero-order valence-electron chi connectivity index (χ0n) is 18.3. The minimum Gasteiger partial charge on any atom is -0.475 e. The molecular weight excluding hydrogens is 443 g/mol. The van der Waals surface area contributed by atoms with Gasteiger partial charge in [-0.2, -0.15) is 13.2 Å². The Kier molecular flexibility index (Phi) is 7.52. The van der Waals surface area contributed by atoms with Gasteiger partial charge in [-0.15, -0.1) is 0 Å². The molecule has 0 aliphatic carbocycles. The molecule has 11 heteroatoms. The summed E-state index contributed by atoms with van der Waals surface area (Å²) in [6.07, 6.45) is -2.39. The predicted molar refractivity (Wildman–Crippen MR) is 112 cm³/mol. The number of aliphatic carboxylic acids is 1. The molecule has 1 aromatic carbocycles. The SMILES string of the molecule is CN(C)C(=O)CC1CN(Cc2ccc3c(c2)OCO3)Cc2cccn2C1.O=C(O)C(F)(F)F. The van der Waals surface area contributed by atoms with Crippen LogP contribution < -0.4 is 9.47 Å². The summed E-state index contributed by atoms with van der Waals surface area (Å²) in [4.78, 5) is 25.2. The Bertz CT molecular complexity index is 990. The first-order chi connectivity index (χ1) is 15.5. The predicted octanol–water partition coefficient (Wildman–Crippen LogP) is 2.96. The minimum atomic E-state index is -5.08. The molecule has 1 aromatic heterocycles. The molecule has 0 fully saturated rings. The van der Waals surface area contributed by atoms with E-state index in [0.717, 1.165) is 37.7 Å². The van der Waals surface area contributed by atoms with Crippen molar-refractivity contribution in [2.45, 2.75) is 32.2 Å². The first-order valence-electron chi connectivity index (χ1n) is 10.3.